The SMILES string of the molecule is NC(N)=NCCCC(N)C(=O)O.Nc1cc2ccccc2oc1=O. The number of hydrogen-bond acceptors (Lipinski definition) is 6. The molecule has 0 aliphatic carbocycles. The maximum atomic E-state index is 10.9. The number of para-hydroxylation sites is 1. The van der Waals surface area contributed by atoms with Crippen LogP contribution in [0.5, 0.6) is 0 Å². The Morgan fingerprint density at radius 1 is 1.29 bits per heavy atom. The number of anilines is 1. The highest BCUT2D eigenvalue weighted by Crippen LogP contribution is 2.12. The molecule has 1 atom stereocenters. The number of carbonyl (C=O) groups is 1. The minimum atomic E-state index is -1.00. The van der Waals surface area contributed by atoms with Gasteiger partial charge in [-0.3, -0.25) is 9.79 Å². The van der Waals surface area contributed by atoms with Crippen LogP contribution >= 0.6 is 0 Å². The van der Waals surface area contributed by atoms with Gasteiger partial charge in [0.15, 0.2) is 5.96 Å². The van der Waals surface area contributed by atoms with E-state index in [0.717, 1.165) is 5.39 Å². The molecule has 2 rings (SSSR count). The fourth-order valence-electron chi connectivity index (χ4n) is 1.72. The van der Waals surface area contributed by atoms with E-state index in [9.17, 15) is 9.59 Å². The summed E-state index contributed by atoms with van der Waals surface area (Å²) in [5.41, 5.74) is 20.9. The Morgan fingerprint density at radius 2 is 1.96 bits per heavy atom. The molecule has 0 saturated heterocycles. The number of carboxylic acid groups (broad SMARTS) is 1. The van der Waals surface area contributed by atoms with Gasteiger partial charge in [0.05, 0.1) is 0 Å². The molecule has 9 heteroatoms. The summed E-state index contributed by atoms with van der Waals surface area (Å²) in [5.74, 6) is -0.987. The minimum Gasteiger partial charge on any atom is -0.480 e. The number of benzene rings is 1. The van der Waals surface area contributed by atoms with Crippen LogP contribution in [0.15, 0.2) is 44.5 Å². The van der Waals surface area contributed by atoms with Crippen LogP contribution in [-0.4, -0.2) is 29.6 Å². The molecule has 0 radical (unpaired) electrons. The van der Waals surface area contributed by atoms with Crippen LogP contribution in [0.2, 0.25) is 0 Å². The molecule has 0 fully saturated rings. The third kappa shape index (κ3) is 6.36. The Hall–Kier alpha value is -3.07. The zero-order valence-corrected chi connectivity index (χ0v) is 13.0. The van der Waals surface area contributed by atoms with Crippen molar-refractivity contribution in [3.63, 3.8) is 0 Å². The summed E-state index contributed by atoms with van der Waals surface area (Å²) in [5, 5.41) is 9.22. The van der Waals surface area contributed by atoms with E-state index in [1.54, 1.807) is 12.1 Å². The number of aliphatic imine (C=N–C) groups is 1. The van der Waals surface area contributed by atoms with E-state index >= 15 is 0 Å². The molecule has 0 aliphatic rings. The molecule has 2 aromatic rings. The molecule has 0 amide bonds. The highest BCUT2D eigenvalue weighted by Gasteiger charge is 2.09. The summed E-state index contributed by atoms with van der Waals surface area (Å²) < 4.78 is 4.91. The van der Waals surface area contributed by atoms with Gasteiger partial charge in [-0.05, 0) is 25.0 Å². The van der Waals surface area contributed by atoms with Gasteiger partial charge in [0.2, 0.25) is 0 Å². The van der Waals surface area contributed by atoms with Gasteiger partial charge in [0.1, 0.15) is 17.3 Å². The second-order valence-electron chi connectivity index (χ2n) is 4.92. The molecule has 9 N–H and O–H groups in total. The molecule has 0 saturated carbocycles. The number of rotatable bonds is 5. The monoisotopic (exact) mass is 335 g/mol. The Kier molecular flexibility index (Phi) is 7.24. The summed E-state index contributed by atoms with van der Waals surface area (Å²) in [4.78, 5) is 24.8. The molecule has 0 aliphatic heterocycles. The first-order chi connectivity index (χ1) is 11.3. The standard InChI is InChI=1S/C9H7NO2.C6H14N4O2/c10-7-5-6-3-1-2-4-8(6)12-9(7)11;7-4(5(11)12)2-1-3-10-6(8)9/h1-5H,10H2;4H,1-3,7H2,(H,11,12)(H4,8,9,10). The van der Waals surface area contributed by atoms with Crippen LogP contribution in [0.25, 0.3) is 11.0 Å². The number of carboxylic acids is 1. The average molecular weight is 335 g/mol. The van der Waals surface area contributed by atoms with E-state index in [-0.39, 0.29) is 11.6 Å². The molecule has 24 heavy (non-hydrogen) atoms. The minimum absolute atomic E-state index is 0.0129. The Labute approximate surface area is 137 Å². The van der Waals surface area contributed by atoms with Crippen LogP contribution in [0, 0.1) is 0 Å². The zero-order chi connectivity index (χ0) is 18.1. The Bertz CT molecular complexity index is 768. The molecule has 1 aromatic carbocycles. The van der Waals surface area contributed by atoms with Crippen LogP contribution in [0.3, 0.4) is 0 Å². The fourth-order valence-corrected chi connectivity index (χ4v) is 1.72. The Morgan fingerprint density at radius 3 is 2.58 bits per heavy atom. The zero-order valence-electron chi connectivity index (χ0n) is 13.0. The predicted octanol–water partition coefficient (Wildman–Crippen LogP) is -0.173. The van der Waals surface area contributed by atoms with Crippen molar-refractivity contribution < 1.29 is 14.3 Å². The number of nitrogens with zero attached hydrogens (tertiary/aromatic N) is 1. The molecular weight excluding hydrogens is 314 g/mol. The van der Waals surface area contributed by atoms with E-state index in [1.165, 1.54) is 0 Å². The lowest BCUT2D eigenvalue weighted by molar-refractivity contribution is -0.138. The summed E-state index contributed by atoms with van der Waals surface area (Å²) >= 11 is 0. The Balaban J connectivity index is 0.000000240. The fraction of sp³-hybridized carbons (Fsp3) is 0.267. The molecule has 9 nitrogen and oxygen atoms in total. The highest BCUT2D eigenvalue weighted by atomic mass is 16.4. The van der Waals surface area contributed by atoms with Gasteiger partial charge in [-0.1, -0.05) is 18.2 Å². The average Bonchev–Trinajstić information content (AvgIpc) is 2.52. The van der Waals surface area contributed by atoms with E-state index in [0.29, 0.717) is 25.0 Å². The van der Waals surface area contributed by atoms with Crippen LogP contribution in [0.1, 0.15) is 12.8 Å². The quantitative estimate of drug-likeness (QED) is 0.216. The van der Waals surface area contributed by atoms with Gasteiger partial charge in [0.25, 0.3) is 0 Å². The van der Waals surface area contributed by atoms with Crippen molar-refractivity contribution in [2.24, 2.45) is 22.2 Å². The van der Waals surface area contributed by atoms with Gasteiger partial charge >= 0.3 is 11.6 Å². The number of nitrogens with two attached hydrogens (primary N) is 4. The molecular formula is C15H21N5O4. The first-order valence-electron chi connectivity index (χ1n) is 7.13. The van der Waals surface area contributed by atoms with Gasteiger partial charge in [-0.2, -0.15) is 0 Å². The van der Waals surface area contributed by atoms with Crippen molar-refractivity contribution in [3.8, 4) is 0 Å². The van der Waals surface area contributed by atoms with Gasteiger partial charge < -0.3 is 32.5 Å². The van der Waals surface area contributed by atoms with Gasteiger partial charge in [-0.15, -0.1) is 0 Å². The molecule has 1 aromatic heterocycles. The second-order valence-corrected chi connectivity index (χ2v) is 4.92. The van der Waals surface area contributed by atoms with Crippen LogP contribution in [0.4, 0.5) is 5.69 Å². The van der Waals surface area contributed by atoms with Crippen LogP contribution < -0.4 is 28.6 Å². The lowest BCUT2D eigenvalue weighted by atomic mass is 10.2. The van der Waals surface area contributed by atoms with E-state index in [4.69, 9.17) is 32.5 Å². The predicted molar refractivity (Wildman–Crippen MR) is 92.4 cm³/mol. The number of fused-ring (bicyclic) bond motifs is 1. The third-order valence-corrected chi connectivity index (χ3v) is 2.95. The number of guanidine groups is 1. The molecule has 1 unspecified atom stereocenters. The lowest BCUT2D eigenvalue weighted by Gasteiger charge is -2.03. The van der Waals surface area contributed by atoms with E-state index in [2.05, 4.69) is 4.99 Å². The first-order valence-corrected chi connectivity index (χ1v) is 7.13. The van der Waals surface area contributed by atoms with Crippen molar-refractivity contribution in [1.29, 1.82) is 0 Å². The largest absolute Gasteiger partial charge is 0.480 e. The second kappa shape index (κ2) is 9.16. The van der Waals surface area contributed by atoms with E-state index < -0.39 is 17.6 Å². The lowest BCUT2D eigenvalue weighted by Crippen LogP contribution is -2.30. The van der Waals surface area contributed by atoms with Crippen LogP contribution in [-0.2, 0) is 4.79 Å². The van der Waals surface area contributed by atoms with Crippen molar-refractivity contribution in [1.82, 2.24) is 0 Å². The molecule has 1 heterocycles. The summed E-state index contributed by atoms with van der Waals surface area (Å²) in [6.07, 6.45) is 0.956. The number of hydrogen-bond donors (Lipinski definition) is 5. The first kappa shape index (κ1) is 19.0. The van der Waals surface area contributed by atoms with Crippen molar-refractivity contribution in [3.05, 3.63) is 40.8 Å². The number of aliphatic carboxylic acids is 1. The third-order valence-electron chi connectivity index (χ3n) is 2.95. The smallest absolute Gasteiger partial charge is 0.359 e. The number of nitrogen functional groups attached to an aromatic ring is 1. The van der Waals surface area contributed by atoms with E-state index in [1.807, 2.05) is 18.2 Å². The summed E-state index contributed by atoms with van der Waals surface area (Å²) in [6, 6.07) is 8.04. The molecule has 0 bridgehead atoms. The maximum absolute atomic E-state index is 10.9. The van der Waals surface area contributed by atoms with Gasteiger partial charge in [-0.25, -0.2) is 4.79 Å². The topological polar surface area (TPSA) is 184 Å². The summed E-state index contributed by atoms with van der Waals surface area (Å²) in [6.45, 7) is 0.420. The molecule has 130 valence electrons. The van der Waals surface area contributed by atoms with Crippen molar-refractivity contribution >= 4 is 28.6 Å². The normalized spacial score (nSPS) is 11.2. The van der Waals surface area contributed by atoms with Crippen molar-refractivity contribution in [2.75, 3.05) is 12.3 Å². The maximum Gasteiger partial charge on any atom is 0.359 e. The summed E-state index contributed by atoms with van der Waals surface area (Å²) in [7, 11) is 0. The molecule has 0 spiro atoms. The van der Waals surface area contributed by atoms with Crippen molar-refractivity contribution in [2.45, 2.75) is 18.9 Å². The van der Waals surface area contributed by atoms with Gasteiger partial charge in [0, 0.05) is 11.9 Å². The highest BCUT2D eigenvalue weighted by molar-refractivity contribution is 5.78.